The van der Waals surface area contributed by atoms with Gasteiger partial charge < -0.3 is 9.74 Å². The van der Waals surface area contributed by atoms with Crippen LogP contribution in [0.4, 0.5) is 0 Å². The zero-order chi connectivity index (χ0) is 5.98. The van der Waals surface area contributed by atoms with Crippen LogP contribution in [0.15, 0.2) is 17.8 Å². The second-order valence-corrected chi connectivity index (χ2v) is 1.61. The van der Waals surface area contributed by atoms with Crippen LogP contribution in [0, 0.1) is 0 Å². The predicted octanol–water partition coefficient (Wildman–Crippen LogP) is 0.405. The molecule has 3 nitrogen and oxygen atoms in total. The van der Waals surface area contributed by atoms with E-state index < -0.39 is 0 Å². The van der Waals surface area contributed by atoms with Crippen molar-refractivity contribution in [2.45, 2.75) is 0 Å². The van der Waals surface area contributed by atoms with Gasteiger partial charge in [-0.15, -0.1) is 0 Å². The SMILES string of the molecule is C=CC1=NOCN1C. The summed E-state index contributed by atoms with van der Waals surface area (Å²) in [5.74, 6) is 0.796. The molecule has 3 heteroatoms. The molecular weight excluding hydrogens is 104 g/mol. The van der Waals surface area contributed by atoms with E-state index in [1.165, 1.54) is 0 Å². The lowest BCUT2D eigenvalue weighted by Crippen LogP contribution is -2.19. The fraction of sp³-hybridized carbons (Fsp3) is 0.400. The summed E-state index contributed by atoms with van der Waals surface area (Å²) in [6, 6.07) is 0. The lowest BCUT2D eigenvalue weighted by atomic mass is 10.5. The monoisotopic (exact) mass is 112 g/mol. The molecule has 0 saturated carbocycles. The zero-order valence-corrected chi connectivity index (χ0v) is 4.79. The first kappa shape index (κ1) is 5.15. The Morgan fingerprint density at radius 2 is 2.75 bits per heavy atom. The van der Waals surface area contributed by atoms with Crippen molar-refractivity contribution in [2.24, 2.45) is 5.16 Å². The van der Waals surface area contributed by atoms with Gasteiger partial charge in [0, 0.05) is 7.05 Å². The highest BCUT2D eigenvalue weighted by molar-refractivity contribution is 5.92. The van der Waals surface area contributed by atoms with Crippen LogP contribution in [0.25, 0.3) is 0 Å². The summed E-state index contributed by atoms with van der Waals surface area (Å²) in [5, 5.41) is 3.66. The molecule has 0 radical (unpaired) electrons. The molecule has 0 unspecified atom stereocenters. The lowest BCUT2D eigenvalue weighted by molar-refractivity contribution is 0.120. The average molecular weight is 112 g/mol. The average Bonchev–Trinajstić information content (AvgIpc) is 2.14. The van der Waals surface area contributed by atoms with E-state index in [9.17, 15) is 0 Å². The number of rotatable bonds is 1. The van der Waals surface area contributed by atoms with E-state index in [0.717, 1.165) is 5.84 Å². The molecule has 0 saturated heterocycles. The van der Waals surface area contributed by atoms with Gasteiger partial charge in [-0.2, -0.15) is 0 Å². The molecular formula is C5H8N2O. The Morgan fingerprint density at radius 1 is 2.00 bits per heavy atom. The highest BCUT2D eigenvalue weighted by Crippen LogP contribution is 1.98. The van der Waals surface area contributed by atoms with Gasteiger partial charge in [-0.25, -0.2) is 0 Å². The fourth-order valence-electron chi connectivity index (χ4n) is 0.511. The van der Waals surface area contributed by atoms with Crippen molar-refractivity contribution in [3.05, 3.63) is 12.7 Å². The van der Waals surface area contributed by atoms with Gasteiger partial charge in [0.15, 0.2) is 12.6 Å². The van der Waals surface area contributed by atoms with Crippen LogP contribution >= 0.6 is 0 Å². The summed E-state index contributed by atoms with van der Waals surface area (Å²) in [7, 11) is 1.90. The van der Waals surface area contributed by atoms with Crippen molar-refractivity contribution in [1.29, 1.82) is 0 Å². The van der Waals surface area contributed by atoms with Gasteiger partial charge >= 0.3 is 0 Å². The number of hydrogen-bond acceptors (Lipinski definition) is 3. The van der Waals surface area contributed by atoms with Crippen molar-refractivity contribution < 1.29 is 4.84 Å². The molecule has 0 spiro atoms. The van der Waals surface area contributed by atoms with Gasteiger partial charge in [0.05, 0.1) is 0 Å². The van der Waals surface area contributed by atoms with Gasteiger partial charge in [-0.1, -0.05) is 11.7 Å². The first-order chi connectivity index (χ1) is 3.84. The van der Waals surface area contributed by atoms with E-state index in [4.69, 9.17) is 4.84 Å². The Balaban J connectivity index is 2.62. The van der Waals surface area contributed by atoms with Crippen LogP contribution in [0.1, 0.15) is 0 Å². The van der Waals surface area contributed by atoms with Crippen molar-refractivity contribution in [1.82, 2.24) is 4.90 Å². The van der Waals surface area contributed by atoms with Crippen LogP contribution in [0.2, 0.25) is 0 Å². The van der Waals surface area contributed by atoms with Gasteiger partial charge in [0.1, 0.15) is 0 Å². The summed E-state index contributed by atoms with van der Waals surface area (Å²) in [5.41, 5.74) is 0. The van der Waals surface area contributed by atoms with Gasteiger partial charge in [-0.05, 0) is 6.08 Å². The van der Waals surface area contributed by atoms with E-state index in [1.54, 1.807) is 6.08 Å². The van der Waals surface area contributed by atoms with E-state index in [2.05, 4.69) is 11.7 Å². The molecule has 0 fully saturated rings. The van der Waals surface area contributed by atoms with Crippen LogP contribution in [-0.2, 0) is 4.84 Å². The van der Waals surface area contributed by atoms with Crippen LogP contribution < -0.4 is 0 Å². The molecule has 0 aromatic rings. The first-order valence-corrected chi connectivity index (χ1v) is 2.38. The second-order valence-electron chi connectivity index (χ2n) is 1.61. The normalized spacial score (nSPS) is 17.6. The maximum Gasteiger partial charge on any atom is 0.190 e. The number of likely N-dealkylation sites (N-methyl/N-ethyl adjacent to an activating group) is 1. The third-order valence-corrected chi connectivity index (χ3v) is 0.983. The fourth-order valence-corrected chi connectivity index (χ4v) is 0.511. The minimum atomic E-state index is 0.543. The van der Waals surface area contributed by atoms with Crippen molar-refractivity contribution in [3.8, 4) is 0 Å². The van der Waals surface area contributed by atoms with E-state index in [-0.39, 0.29) is 0 Å². The third-order valence-electron chi connectivity index (χ3n) is 0.983. The van der Waals surface area contributed by atoms with E-state index in [1.807, 2.05) is 11.9 Å². The third kappa shape index (κ3) is 0.665. The van der Waals surface area contributed by atoms with Crippen molar-refractivity contribution in [3.63, 3.8) is 0 Å². The molecule has 0 atom stereocenters. The summed E-state index contributed by atoms with van der Waals surface area (Å²) in [6.07, 6.45) is 1.66. The van der Waals surface area contributed by atoms with Crippen LogP contribution in [0.3, 0.4) is 0 Å². The molecule has 8 heavy (non-hydrogen) atoms. The topological polar surface area (TPSA) is 24.8 Å². The number of hydrogen-bond donors (Lipinski definition) is 0. The Bertz CT molecular complexity index is 130. The summed E-state index contributed by atoms with van der Waals surface area (Å²) >= 11 is 0. The van der Waals surface area contributed by atoms with Crippen LogP contribution in [-0.4, -0.2) is 24.5 Å². The number of nitrogens with zero attached hydrogens (tertiary/aromatic N) is 2. The molecule has 1 aliphatic rings. The molecule has 0 aromatic carbocycles. The summed E-state index contributed by atoms with van der Waals surface area (Å²) < 4.78 is 0. The Kier molecular flexibility index (Phi) is 1.20. The number of oxime groups is 1. The minimum Gasteiger partial charge on any atom is -0.372 e. The highest BCUT2D eigenvalue weighted by atomic mass is 16.7. The molecule has 0 bridgehead atoms. The van der Waals surface area contributed by atoms with Gasteiger partial charge in [0.2, 0.25) is 0 Å². The van der Waals surface area contributed by atoms with Crippen molar-refractivity contribution >= 4 is 5.84 Å². The summed E-state index contributed by atoms with van der Waals surface area (Å²) in [6.45, 7) is 4.08. The van der Waals surface area contributed by atoms with Crippen molar-refractivity contribution in [2.75, 3.05) is 13.8 Å². The zero-order valence-electron chi connectivity index (χ0n) is 4.79. The van der Waals surface area contributed by atoms with Gasteiger partial charge in [-0.3, -0.25) is 0 Å². The quantitative estimate of drug-likeness (QED) is 0.490. The van der Waals surface area contributed by atoms with Gasteiger partial charge in [0.25, 0.3) is 0 Å². The largest absolute Gasteiger partial charge is 0.372 e. The molecule has 1 heterocycles. The second kappa shape index (κ2) is 1.86. The first-order valence-electron chi connectivity index (χ1n) is 2.38. The van der Waals surface area contributed by atoms with Crippen LogP contribution in [0.5, 0.6) is 0 Å². The Hall–Kier alpha value is -0.990. The Labute approximate surface area is 48.2 Å². The molecule has 0 aliphatic carbocycles. The predicted molar refractivity (Wildman–Crippen MR) is 31.3 cm³/mol. The minimum absolute atomic E-state index is 0.543. The molecule has 0 N–H and O–H groups in total. The summed E-state index contributed by atoms with van der Waals surface area (Å²) in [4.78, 5) is 6.57. The lowest BCUT2D eigenvalue weighted by Gasteiger charge is -2.04. The standard InChI is InChI=1S/C5H8N2O/c1-3-5-6-8-4-7(5)2/h3H,1,4H2,2H3. The smallest absolute Gasteiger partial charge is 0.190 e. The molecule has 0 amide bonds. The van der Waals surface area contributed by atoms with E-state index >= 15 is 0 Å². The molecule has 0 aromatic heterocycles. The maximum atomic E-state index is 4.70. The highest BCUT2D eigenvalue weighted by Gasteiger charge is 2.08. The van der Waals surface area contributed by atoms with E-state index in [0.29, 0.717) is 6.73 Å². The number of amidine groups is 1. The Morgan fingerprint density at radius 3 is 3.00 bits per heavy atom. The molecule has 44 valence electrons. The molecule has 1 rings (SSSR count). The maximum absolute atomic E-state index is 4.70. The molecule has 1 aliphatic heterocycles.